The highest BCUT2D eigenvalue weighted by atomic mass is 19.2. The molecule has 0 bridgehead atoms. The van der Waals surface area contributed by atoms with Crippen molar-refractivity contribution in [2.45, 2.75) is 53.9 Å². The lowest BCUT2D eigenvalue weighted by Crippen LogP contribution is -2.50. The number of aryl methyl sites for hydroxylation is 1. The fraction of sp³-hybridized carbons (Fsp3) is 0.360. The Labute approximate surface area is 182 Å². The number of hydrogen-bond donors (Lipinski definition) is 0. The second-order valence-corrected chi connectivity index (χ2v) is 8.86. The highest BCUT2D eigenvalue weighted by Crippen LogP contribution is 2.40. The number of hydrogen-bond acceptors (Lipinski definition) is 1. The maximum atomic E-state index is 16.0. The van der Waals surface area contributed by atoms with Crippen LogP contribution >= 0.6 is 0 Å². The Balaban J connectivity index is 1.77. The zero-order chi connectivity index (χ0) is 22.5. The molecule has 0 saturated heterocycles. The van der Waals surface area contributed by atoms with Crippen LogP contribution in [-0.2, 0) is 11.2 Å². The first-order chi connectivity index (χ1) is 14.7. The third-order valence-electron chi connectivity index (χ3n) is 6.67. The Morgan fingerprint density at radius 3 is 2.39 bits per heavy atom. The van der Waals surface area contributed by atoms with Crippen molar-refractivity contribution in [2.24, 2.45) is 5.92 Å². The van der Waals surface area contributed by atoms with Crippen LogP contribution < -0.4 is 0 Å². The largest absolute Gasteiger partial charge is 0.737 e. The van der Waals surface area contributed by atoms with Crippen molar-refractivity contribution in [2.75, 3.05) is 0 Å². The van der Waals surface area contributed by atoms with E-state index in [1.54, 1.807) is 19.1 Å². The van der Waals surface area contributed by atoms with Gasteiger partial charge in [0.2, 0.25) is 0 Å². The van der Waals surface area contributed by atoms with E-state index in [4.69, 9.17) is 0 Å². The van der Waals surface area contributed by atoms with Gasteiger partial charge in [0.05, 0.1) is 0 Å². The molecule has 6 heteroatoms. The van der Waals surface area contributed by atoms with Gasteiger partial charge in [0.1, 0.15) is 11.5 Å². The van der Waals surface area contributed by atoms with E-state index in [0.29, 0.717) is 35.6 Å². The maximum Gasteiger partial charge on any atom is 0.737 e. The first-order valence-corrected chi connectivity index (χ1v) is 11.1. The predicted molar refractivity (Wildman–Crippen MR) is 123 cm³/mol. The van der Waals surface area contributed by atoms with E-state index in [1.807, 2.05) is 51.1 Å². The van der Waals surface area contributed by atoms with E-state index < -0.39 is 6.97 Å². The summed E-state index contributed by atoms with van der Waals surface area (Å²) in [5, 5.41) is 0. The van der Waals surface area contributed by atoms with E-state index in [0.717, 1.165) is 23.1 Å². The van der Waals surface area contributed by atoms with Gasteiger partial charge in [0, 0.05) is 47.9 Å². The number of ketones is 1. The van der Waals surface area contributed by atoms with Gasteiger partial charge in [-0.1, -0.05) is 45.0 Å². The van der Waals surface area contributed by atoms with Crippen molar-refractivity contribution in [3.05, 3.63) is 64.5 Å². The van der Waals surface area contributed by atoms with Crippen LogP contribution in [0.25, 0.3) is 17.3 Å². The molecule has 0 amide bonds. The summed E-state index contributed by atoms with van der Waals surface area (Å²) >= 11 is 0. The van der Waals surface area contributed by atoms with Crippen molar-refractivity contribution in [1.82, 2.24) is 4.48 Å². The number of carbonyl (C=O) groups is 1. The summed E-state index contributed by atoms with van der Waals surface area (Å²) in [7, 11) is 0. The number of Topliss-reactive ketones (excluding diaryl/α,β-unsaturated/α-hetero) is 1. The predicted octanol–water partition coefficient (Wildman–Crippen LogP) is 6.10. The Kier molecular flexibility index (Phi) is 5.36. The summed E-state index contributed by atoms with van der Waals surface area (Å²) < 4.78 is 34.4. The Morgan fingerprint density at radius 2 is 1.77 bits per heavy atom. The SMILES string of the molecule is CCc1ccc(-c2ccc3n2[B-](F)(F)[N+]2=C(C)C(CCC(=O)C(C)C)=C(C)C2=C3)cc1. The molecule has 0 spiro atoms. The van der Waals surface area contributed by atoms with Crippen LogP contribution in [-0.4, -0.2) is 27.4 Å². The van der Waals surface area contributed by atoms with Crippen molar-refractivity contribution >= 4 is 24.5 Å². The summed E-state index contributed by atoms with van der Waals surface area (Å²) in [6.07, 6.45) is 3.63. The van der Waals surface area contributed by atoms with Crippen molar-refractivity contribution < 1.29 is 17.9 Å². The minimum Gasteiger partial charge on any atom is -0.390 e. The quantitative estimate of drug-likeness (QED) is 0.516. The molecule has 0 atom stereocenters. The molecule has 162 valence electrons. The molecule has 1 aromatic heterocycles. The summed E-state index contributed by atoms with van der Waals surface area (Å²) in [6, 6.07) is 11.4. The molecular formula is C25H29BF2N2O. The van der Waals surface area contributed by atoms with E-state index >= 15 is 8.63 Å². The van der Waals surface area contributed by atoms with Gasteiger partial charge >= 0.3 is 6.97 Å². The molecule has 0 unspecified atom stereocenters. The first kappa shape index (κ1) is 21.5. The first-order valence-electron chi connectivity index (χ1n) is 11.1. The Hall–Kier alpha value is -2.76. The summed E-state index contributed by atoms with van der Waals surface area (Å²) in [4.78, 5) is 12.1. The van der Waals surface area contributed by atoms with Gasteiger partial charge in [0.25, 0.3) is 0 Å². The van der Waals surface area contributed by atoms with E-state index in [-0.39, 0.29) is 11.7 Å². The van der Waals surface area contributed by atoms with E-state index in [2.05, 4.69) is 6.92 Å². The topological polar surface area (TPSA) is 25.0 Å². The number of benzene rings is 1. The number of nitrogens with zero attached hydrogens (tertiary/aromatic N) is 2. The molecule has 2 aromatic rings. The lowest BCUT2D eigenvalue weighted by atomic mass is 9.89. The molecule has 3 nitrogen and oxygen atoms in total. The molecule has 0 fully saturated rings. The normalized spacial score (nSPS) is 17.2. The van der Waals surface area contributed by atoms with Crippen LogP contribution in [0.3, 0.4) is 0 Å². The number of halogens is 2. The number of allylic oxidation sites excluding steroid dienone is 2. The molecule has 2 aliphatic heterocycles. The molecule has 31 heavy (non-hydrogen) atoms. The molecule has 3 heterocycles. The maximum absolute atomic E-state index is 16.0. The highest BCUT2D eigenvalue weighted by Gasteiger charge is 2.54. The smallest absolute Gasteiger partial charge is 0.390 e. The average molecular weight is 422 g/mol. The Morgan fingerprint density at radius 1 is 1.10 bits per heavy atom. The fourth-order valence-corrected chi connectivity index (χ4v) is 4.75. The van der Waals surface area contributed by atoms with Crippen LogP contribution in [0.2, 0.25) is 0 Å². The van der Waals surface area contributed by atoms with Gasteiger partial charge in [-0.2, -0.15) is 0 Å². The molecule has 4 rings (SSSR count). The van der Waals surface area contributed by atoms with Crippen LogP contribution in [0.1, 0.15) is 58.7 Å². The number of aromatic nitrogens is 1. The summed E-state index contributed by atoms with van der Waals surface area (Å²) in [5.74, 6) is 0.116. The molecule has 0 N–H and O–H groups in total. The lowest BCUT2D eigenvalue weighted by Gasteiger charge is -2.31. The number of fused-ring (bicyclic) bond motifs is 2. The molecule has 1 aromatic carbocycles. The van der Waals surface area contributed by atoms with Gasteiger partial charge in [-0.05, 0) is 43.0 Å². The monoisotopic (exact) mass is 422 g/mol. The van der Waals surface area contributed by atoms with Crippen LogP contribution in [0, 0.1) is 5.92 Å². The zero-order valence-electron chi connectivity index (χ0n) is 18.9. The lowest BCUT2D eigenvalue weighted by molar-refractivity contribution is -0.362. The minimum atomic E-state index is -4.05. The number of rotatable bonds is 6. The summed E-state index contributed by atoms with van der Waals surface area (Å²) in [5.41, 5.74) is 5.80. The molecule has 0 radical (unpaired) electrons. The number of carbonyl (C=O) groups excluding carboxylic acids is 1. The van der Waals surface area contributed by atoms with Gasteiger partial charge in [0.15, 0.2) is 5.70 Å². The van der Waals surface area contributed by atoms with Gasteiger partial charge in [-0.25, -0.2) is 0 Å². The molecule has 2 aliphatic rings. The Bertz CT molecular complexity index is 1150. The molecule has 0 saturated carbocycles. The minimum absolute atomic E-state index is 0.0440. The second kappa shape index (κ2) is 7.74. The van der Waals surface area contributed by atoms with Crippen LogP contribution in [0.5, 0.6) is 0 Å². The van der Waals surface area contributed by atoms with Crippen LogP contribution in [0.15, 0.2) is 53.2 Å². The van der Waals surface area contributed by atoms with Gasteiger partial charge in [-0.15, -0.1) is 0 Å². The summed E-state index contributed by atoms with van der Waals surface area (Å²) in [6.45, 7) is 5.41. The van der Waals surface area contributed by atoms with Crippen molar-refractivity contribution in [3.8, 4) is 11.3 Å². The molecule has 0 aliphatic carbocycles. The van der Waals surface area contributed by atoms with Gasteiger partial charge in [-0.3, -0.25) is 4.79 Å². The van der Waals surface area contributed by atoms with Crippen molar-refractivity contribution in [3.63, 3.8) is 0 Å². The molecular weight excluding hydrogens is 393 g/mol. The average Bonchev–Trinajstić information content (AvgIpc) is 3.27. The standard InChI is InChI=1S/C25H29BF2N2O/c1-6-19-7-9-20(10-8-19)23-13-11-21-15-24-17(4)22(12-14-25(31)16(2)3)18(5)29(24)26(27,28)30(21)23/h7-11,13,15-16H,6,12,14H2,1-5H3. The van der Waals surface area contributed by atoms with Gasteiger partial charge < -0.3 is 17.6 Å². The second-order valence-electron chi connectivity index (χ2n) is 8.86. The van der Waals surface area contributed by atoms with E-state index in [9.17, 15) is 4.79 Å². The van der Waals surface area contributed by atoms with Crippen molar-refractivity contribution in [1.29, 1.82) is 0 Å². The zero-order valence-corrected chi connectivity index (χ0v) is 18.9. The fourth-order valence-electron chi connectivity index (χ4n) is 4.75. The van der Waals surface area contributed by atoms with E-state index in [1.165, 1.54) is 14.5 Å². The third-order valence-corrected chi connectivity index (χ3v) is 6.67. The van der Waals surface area contributed by atoms with Crippen LogP contribution in [0.4, 0.5) is 8.63 Å². The third kappa shape index (κ3) is 3.42. The highest BCUT2D eigenvalue weighted by molar-refractivity contribution is 6.58.